The van der Waals surface area contributed by atoms with E-state index in [0.29, 0.717) is 11.5 Å². The van der Waals surface area contributed by atoms with E-state index in [-0.39, 0.29) is 0 Å². The van der Waals surface area contributed by atoms with Gasteiger partial charge in [-0.25, -0.2) is 0 Å². The Morgan fingerprint density at radius 1 is 1.22 bits per heavy atom. The maximum atomic E-state index is 6.20. The van der Waals surface area contributed by atoms with Gasteiger partial charge in [-0.1, -0.05) is 6.42 Å². The monoisotopic (exact) mass is 252 g/mol. The molecule has 3 fully saturated rings. The zero-order chi connectivity index (χ0) is 12.6. The SMILES string of the molecule is COCCC1(CN2C3CCCC2CC(N)C3)CC1. The zero-order valence-corrected chi connectivity index (χ0v) is 11.7. The summed E-state index contributed by atoms with van der Waals surface area (Å²) in [6.07, 6.45) is 10.7. The molecule has 3 rings (SSSR count). The van der Waals surface area contributed by atoms with Gasteiger partial charge >= 0.3 is 0 Å². The van der Waals surface area contributed by atoms with E-state index in [1.807, 2.05) is 7.11 Å². The number of ether oxygens (including phenoxy) is 1. The number of methoxy groups -OCH3 is 1. The maximum Gasteiger partial charge on any atom is 0.0468 e. The van der Waals surface area contributed by atoms with Crippen molar-refractivity contribution in [1.82, 2.24) is 4.90 Å². The highest BCUT2D eigenvalue weighted by molar-refractivity contribution is 5.01. The minimum atomic E-state index is 0.464. The Kier molecular flexibility index (Phi) is 3.65. The van der Waals surface area contributed by atoms with Gasteiger partial charge < -0.3 is 10.5 Å². The lowest BCUT2D eigenvalue weighted by Gasteiger charge is -2.49. The summed E-state index contributed by atoms with van der Waals surface area (Å²) in [6, 6.07) is 2.03. The van der Waals surface area contributed by atoms with E-state index in [2.05, 4.69) is 4.90 Å². The molecule has 2 heterocycles. The van der Waals surface area contributed by atoms with Crippen molar-refractivity contribution < 1.29 is 4.74 Å². The molecule has 0 aromatic rings. The number of hydrogen-bond donors (Lipinski definition) is 1. The lowest BCUT2D eigenvalue weighted by atomic mass is 9.81. The molecule has 1 aliphatic carbocycles. The Labute approximate surface area is 111 Å². The number of piperidine rings is 2. The molecule has 0 spiro atoms. The van der Waals surface area contributed by atoms with Crippen molar-refractivity contribution in [3.05, 3.63) is 0 Å². The quantitative estimate of drug-likeness (QED) is 0.815. The molecule has 0 aromatic carbocycles. The second kappa shape index (κ2) is 5.10. The van der Waals surface area contributed by atoms with Crippen LogP contribution < -0.4 is 5.73 Å². The van der Waals surface area contributed by atoms with Crippen LogP contribution in [0.1, 0.15) is 51.4 Å². The summed E-state index contributed by atoms with van der Waals surface area (Å²) in [4.78, 5) is 2.83. The Hall–Kier alpha value is -0.120. The fourth-order valence-corrected chi connectivity index (χ4v) is 4.15. The summed E-state index contributed by atoms with van der Waals surface area (Å²) in [5, 5.41) is 0. The predicted octanol–water partition coefficient (Wildman–Crippen LogP) is 2.15. The van der Waals surface area contributed by atoms with Crippen LogP contribution in [-0.4, -0.2) is 43.3 Å². The average Bonchev–Trinajstić information content (AvgIpc) is 3.08. The van der Waals surface area contributed by atoms with Gasteiger partial charge in [0.2, 0.25) is 0 Å². The van der Waals surface area contributed by atoms with E-state index in [9.17, 15) is 0 Å². The lowest BCUT2D eigenvalue weighted by molar-refractivity contribution is 0.00973. The highest BCUT2D eigenvalue weighted by atomic mass is 16.5. The van der Waals surface area contributed by atoms with E-state index >= 15 is 0 Å². The van der Waals surface area contributed by atoms with Crippen molar-refractivity contribution in [2.45, 2.75) is 69.5 Å². The first kappa shape index (κ1) is 12.9. The minimum absolute atomic E-state index is 0.464. The second-order valence-electron chi connectivity index (χ2n) is 6.89. The molecule has 0 amide bonds. The summed E-state index contributed by atoms with van der Waals surface area (Å²) < 4.78 is 5.28. The van der Waals surface area contributed by atoms with E-state index in [4.69, 9.17) is 10.5 Å². The molecule has 3 aliphatic rings. The van der Waals surface area contributed by atoms with E-state index in [1.165, 1.54) is 57.9 Å². The van der Waals surface area contributed by atoms with Crippen LogP contribution in [0.15, 0.2) is 0 Å². The van der Waals surface area contributed by atoms with Crippen LogP contribution in [-0.2, 0) is 4.74 Å². The van der Waals surface area contributed by atoms with Crippen LogP contribution >= 0.6 is 0 Å². The third kappa shape index (κ3) is 2.59. The molecule has 2 saturated heterocycles. The van der Waals surface area contributed by atoms with Gasteiger partial charge in [0.05, 0.1) is 0 Å². The molecule has 1 saturated carbocycles. The molecule has 2 N–H and O–H groups in total. The fraction of sp³-hybridized carbons (Fsp3) is 1.00. The lowest BCUT2D eigenvalue weighted by Crippen LogP contribution is -2.56. The molecule has 2 atom stereocenters. The highest BCUT2D eigenvalue weighted by Crippen LogP contribution is 2.51. The van der Waals surface area contributed by atoms with Crippen molar-refractivity contribution in [1.29, 1.82) is 0 Å². The summed E-state index contributed by atoms with van der Waals surface area (Å²) >= 11 is 0. The van der Waals surface area contributed by atoms with Gasteiger partial charge in [0, 0.05) is 38.4 Å². The van der Waals surface area contributed by atoms with Crippen LogP contribution in [0, 0.1) is 5.41 Å². The van der Waals surface area contributed by atoms with Crippen molar-refractivity contribution in [2.75, 3.05) is 20.3 Å². The summed E-state index contributed by atoms with van der Waals surface area (Å²) in [6.45, 7) is 2.25. The number of rotatable bonds is 5. The second-order valence-corrected chi connectivity index (χ2v) is 6.89. The molecule has 104 valence electrons. The molecule has 2 bridgehead atoms. The molecule has 3 heteroatoms. The van der Waals surface area contributed by atoms with Gasteiger partial charge in [0.25, 0.3) is 0 Å². The van der Waals surface area contributed by atoms with Crippen LogP contribution in [0.4, 0.5) is 0 Å². The fourth-order valence-electron chi connectivity index (χ4n) is 4.15. The Bertz CT molecular complexity index is 276. The largest absolute Gasteiger partial charge is 0.385 e. The van der Waals surface area contributed by atoms with E-state index in [1.54, 1.807) is 0 Å². The minimum Gasteiger partial charge on any atom is -0.385 e. The van der Waals surface area contributed by atoms with Crippen molar-refractivity contribution in [3.8, 4) is 0 Å². The summed E-state index contributed by atoms with van der Waals surface area (Å²) in [5.74, 6) is 0. The van der Waals surface area contributed by atoms with Gasteiger partial charge in [-0.05, 0) is 50.4 Å². The van der Waals surface area contributed by atoms with Gasteiger partial charge in [0.15, 0.2) is 0 Å². The Balaban J connectivity index is 1.61. The van der Waals surface area contributed by atoms with Crippen LogP contribution in [0.2, 0.25) is 0 Å². The van der Waals surface area contributed by atoms with Gasteiger partial charge in [-0.15, -0.1) is 0 Å². The molecule has 0 aromatic heterocycles. The van der Waals surface area contributed by atoms with Crippen molar-refractivity contribution in [2.24, 2.45) is 11.1 Å². The predicted molar refractivity (Wildman–Crippen MR) is 73.5 cm³/mol. The van der Waals surface area contributed by atoms with Gasteiger partial charge in [0.1, 0.15) is 0 Å². The normalized spacial score (nSPS) is 38.7. The topological polar surface area (TPSA) is 38.5 Å². The number of nitrogens with two attached hydrogens (primary N) is 1. The zero-order valence-electron chi connectivity index (χ0n) is 11.7. The molecular formula is C15H28N2O. The molecule has 18 heavy (non-hydrogen) atoms. The average molecular weight is 252 g/mol. The molecule has 0 radical (unpaired) electrons. The number of fused-ring (bicyclic) bond motifs is 2. The van der Waals surface area contributed by atoms with Crippen LogP contribution in [0.5, 0.6) is 0 Å². The summed E-state index contributed by atoms with van der Waals surface area (Å²) in [7, 11) is 1.82. The highest BCUT2D eigenvalue weighted by Gasteiger charge is 2.47. The van der Waals surface area contributed by atoms with E-state index in [0.717, 1.165) is 18.7 Å². The van der Waals surface area contributed by atoms with Gasteiger partial charge in [-0.2, -0.15) is 0 Å². The summed E-state index contributed by atoms with van der Waals surface area (Å²) in [5.41, 5.74) is 6.80. The standard InChI is InChI=1S/C15H28N2O/c1-18-8-7-15(5-6-15)11-17-13-3-2-4-14(17)10-12(16)9-13/h12-14H,2-11,16H2,1H3. The molecule has 2 unspecified atom stereocenters. The third-order valence-corrected chi connectivity index (χ3v) is 5.47. The maximum absolute atomic E-state index is 6.20. The van der Waals surface area contributed by atoms with Gasteiger partial charge in [-0.3, -0.25) is 4.90 Å². The molecular weight excluding hydrogens is 224 g/mol. The van der Waals surface area contributed by atoms with Crippen molar-refractivity contribution in [3.63, 3.8) is 0 Å². The number of hydrogen-bond acceptors (Lipinski definition) is 3. The van der Waals surface area contributed by atoms with Crippen LogP contribution in [0.25, 0.3) is 0 Å². The van der Waals surface area contributed by atoms with Crippen molar-refractivity contribution >= 4 is 0 Å². The first-order valence-corrected chi connectivity index (χ1v) is 7.73. The first-order chi connectivity index (χ1) is 8.72. The van der Waals surface area contributed by atoms with E-state index < -0.39 is 0 Å². The molecule has 2 aliphatic heterocycles. The smallest absolute Gasteiger partial charge is 0.0468 e. The van der Waals surface area contributed by atoms with Crippen LogP contribution in [0.3, 0.4) is 0 Å². The Morgan fingerprint density at radius 2 is 1.89 bits per heavy atom. The first-order valence-electron chi connectivity index (χ1n) is 7.73. The molecule has 3 nitrogen and oxygen atoms in total. The Morgan fingerprint density at radius 3 is 2.44 bits per heavy atom. The number of nitrogens with zero attached hydrogens (tertiary/aromatic N) is 1. The third-order valence-electron chi connectivity index (χ3n) is 5.47.